The molecule has 0 radical (unpaired) electrons. The van der Waals surface area contributed by atoms with Crippen molar-refractivity contribution in [2.75, 3.05) is 13.7 Å². The van der Waals surface area contributed by atoms with Crippen LogP contribution in [0.1, 0.15) is 26.7 Å². The van der Waals surface area contributed by atoms with E-state index in [1.807, 2.05) is 18.2 Å². The number of rotatable bonds is 7. The molecule has 0 bridgehead atoms. The molecule has 110 valence electrons. The highest BCUT2D eigenvalue weighted by Crippen LogP contribution is 2.20. The molecule has 1 aromatic carbocycles. The van der Waals surface area contributed by atoms with E-state index in [2.05, 4.69) is 23.4 Å². The molecule has 0 atom stereocenters. The zero-order valence-electron chi connectivity index (χ0n) is 12.3. The highest BCUT2D eigenvalue weighted by atomic mass is 32.1. The first-order chi connectivity index (χ1) is 9.61. The van der Waals surface area contributed by atoms with Gasteiger partial charge in [-0.2, -0.15) is 0 Å². The molecule has 20 heavy (non-hydrogen) atoms. The third-order valence-electron chi connectivity index (χ3n) is 3.21. The number of methoxy groups -OCH3 is 1. The number of hydrogen-bond donors (Lipinski definition) is 1. The maximum Gasteiger partial charge on any atom is 0.178 e. The molecule has 2 rings (SSSR count). The Hall–Kier alpha value is -1.33. The molecule has 1 heterocycles. The number of aryl methyl sites for hydroxylation is 1. The van der Waals surface area contributed by atoms with Gasteiger partial charge in [-0.25, -0.2) is 0 Å². The molecule has 5 heteroatoms. The minimum absolute atomic E-state index is 0.303. The van der Waals surface area contributed by atoms with E-state index in [-0.39, 0.29) is 0 Å². The average molecular weight is 294 g/mol. The Bertz CT molecular complexity index is 616. The zero-order valence-corrected chi connectivity index (χ0v) is 13.1. The Morgan fingerprint density at radius 1 is 1.30 bits per heavy atom. The monoisotopic (exact) mass is 294 g/mol. The predicted molar refractivity (Wildman–Crippen MR) is 84.0 cm³/mol. The molecule has 0 spiro atoms. The molecule has 1 N–H and O–H groups in total. The summed E-state index contributed by atoms with van der Waals surface area (Å²) in [5.41, 5.74) is 2.15. The molecule has 0 aliphatic carbocycles. The largest absolute Gasteiger partial charge is 0.497 e. The van der Waals surface area contributed by atoms with E-state index in [1.165, 1.54) is 0 Å². The standard InChI is InChI=1S/C15H22N2O2S/c1-11(2)19-9-5-4-8-17-14-7-6-12(18-3)10-13(14)16-15(17)20/h6-7,10-11H,4-5,8-9H2,1-3H3,(H,16,20). The summed E-state index contributed by atoms with van der Waals surface area (Å²) in [6.07, 6.45) is 2.40. The lowest BCUT2D eigenvalue weighted by molar-refractivity contribution is 0.0755. The van der Waals surface area contributed by atoms with Crippen molar-refractivity contribution in [1.82, 2.24) is 9.55 Å². The summed E-state index contributed by atoms with van der Waals surface area (Å²) in [6.45, 7) is 5.83. The number of aromatic nitrogens is 2. The van der Waals surface area contributed by atoms with E-state index in [1.54, 1.807) is 7.11 Å². The summed E-state index contributed by atoms with van der Waals surface area (Å²) in [5, 5.41) is 0. The summed E-state index contributed by atoms with van der Waals surface area (Å²) in [4.78, 5) is 3.23. The Balaban J connectivity index is 2.03. The maximum absolute atomic E-state index is 5.55. The van der Waals surface area contributed by atoms with Gasteiger partial charge in [-0.1, -0.05) is 0 Å². The van der Waals surface area contributed by atoms with E-state index >= 15 is 0 Å². The molecular weight excluding hydrogens is 272 g/mol. The smallest absolute Gasteiger partial charge is 0.178 e. The number of nitrogens with one attached hydrogen (secondary N) is 1. The third-order valence-corrected chi connectivity index (χ3v) is 3.53. The van der Waals surface area contributed by atoms with Gasteiger partial charge in [-0.15, -0.1) is 0 Å². The van der Waals surface area contributed by atoms with Crippen molar-refractivity contribution in [3.8, 4) is 5.75 Å². The summed E-state index contributed by atoms with van der Waals surface area (Å²) < 4.78 is 13.7. The maximum atomic E-state index is 5.55. The average Bonchev–Trinajstić information content (AvgIpc) is 2.73. The molecule has 0 unspecified atom stereocenters. The zero-order chi connectivity index (χ0) is 14.5. The second kappa shape index (κ2) is 6.90. The van der Waals surface area contributed by atoms with E-state index in [0.29, 0.717) is 6.10 Å². The molecule has 2 aromatic rings. The van der Waals surface area contributed by atoms with Crippen LogP contribution in [0.5, 0.6) is 5.75 Å². The number of unbranched alkanes of at least 4 members (excludes halogenated alkanes) is 1. The van der Waals surface area contributed by atoms with Gasteiger partial charge in [0.15, 0.2) is 4.77 Å². The van der Waals surface area contributed by atoms with Gasteiger partial charge in [0.2, 0.25) is 0 Å². The number of ether oxygens (including phenoxy) is 2. The van der Waals surface area contributed by atoms with Crippen LogP contribution in [0.3, 0.4) is 0 Å². The fourth-order valence-corrected chi connectivity index (χ4v) is 2.48. The molecular formula is C15H22N2O2S. The van der Waals surface area contributed by atoms with Crippen molar-refractivity contribution >= 4 is 23.3 Å². The molecule has 0 amide bonds. The highest BCUT2D eigenvalue weighted by Gasteiger charge is 2.05. The van der Waals surface area contributed by atoms with Crippen LogP contribution in [0.15, 0.2) is 18.2 Å². The Morgan fingerprint density at radius 2 is 2.10 bits per heavy atom. The van der Waals surface area contributed by atoms with Crippen molar-refractivity contribution in [3.63, 3.8) is 0 Å². The Kier molecular flexibility index (Phi) is 5.20. The number of imidazole rings is 1. The number of benzene rings is 1. The summed E-state index contributed by atoms with van der Waals surface area (Å²) in [6, 6.07) is 5.98. The van der Waals surface area contributed by atoms with Gasteiger partial charge in [-0.3, -0.25) is 0 Å². The number of aromatic amines is 1. The SMILES string of the molecule is COc1ccc2c(c1)[nH]c(=S)n2CCCCOC(C)C. The lowest BCUT2D eigenvalue weighted by Gasteiger charge is -2.08. The third kappa shape index (κ3) is 3.61. The van der Waals surface area contributed by atoms with Crippen molar-refractivity contribution in [1.29, 1.82) is 0 Å². The Labute approximate surface area is 124 Å². The highest BCUT2D eigenvalue weighted by molar-refractivity contribution is 7.71. The molecule has 0 saturated carbocycles. The first-order valence-electron chi connectivity index (χ1n) is 7.00. The van der Waals surface area contributed by atoms with E-state index in [4.69, 9.17) is 21.7 Å². The van der Waals surface area contributed by atoms with Gasteiger partial charge >= 0.3 is 0 Å². The van der Waals surface area contributed by atoms with E-state index in [9.17, 15) is 0 Å². The van der Waals surface area contributed by atoms with Crippen LogP contribution in [-0.4, -0.2) is 29.4 Å². The summed E-state index contributed by atoms with van der Waals surface area (Å²) in [5.74, 6) is 0.839. The van der Waals surface area contributed by atoms with Gasteiger partial charge in [-0.05, 0) is 51.0 Å². The van der Waals surface area contributed by atoms with Gasteiger partial charge < -0.3 is 19.0 Å². The predicted octanol–water partition coefficient (Wildman–Crippen LogP) is 3.91. The van der Waals surface area contributed by atoms with E-state index < -0.39 is 0 Å². The molecule has 0 aliphatic rings. The molecule has 0 saturated heterocycles. The first kappa shape index (κ1) is 15.1. The van der Waals surface area contributed by atoms with Crippen LogP contribution < -0.4 is 4.74 Å². The summed E-state index contributed by atoms with van der Waals surface area (Å²) in [7, 11) is 1.67. The first-order valence-corrected chi connectivity index (χ1v) is 7.41. The van der Waals surface area contributed by atoms with Crippen molar-refractivity contribution < 1.29 is 9.47 Å². The minimum Gasteiger partial charge on any atom is -0.497 e. The topological polar surface area (TPSA) is 39.2 Å². The Morgan fingerprint density at radius 3 is 2.80 bits per heavy atom. The van der Waals surface area contributed by atoms with Gasteiger partial charge in [0.25, 0.3) is 0 Å². The molecule has 4 nitrogen and oxygen atoms in total. The van der Waals surface area contributed by atoms with E-state index in [0.717, 1.165) is 47.5 Å². The molecule has 0 aliphatic heterocycles. The lowest BCUT2D eigenvalue weighted by atomic mass is 10.2. The van der Waals surface area contributed by atoms with Gasteiger partial charge in [0.05, 0.1) is 24.2 Å². The molecule has 0 fully saturated rings. The van der Waals surface area contributed by atoms with Crippen molar-refractivity contribution in [2.45, 2.75) is 39.3 Å². The van der Waals surface area contributed by atoms with Crippen LogP contribution in [0.25, 0.3) is 11.0 Å². The van der Waals surface area contributed by atoms with Crippen LogP contribution in [-0.2, 0) is 11.3 Å². The number of fused-ring (bicyclic) bond motifs is 1. The van der Waals surface area contributed by atoms with Crippen LogP contribution in [0, 0.1) is 4.77 Å². The fourth-order valence-electron chi connectivity index (χ4n) is 2.18. The normalized spacial score (nSPS) is 11.4. The number of H-pyrrole nitrogens is 1. The van der Waals surface area contributed by atoms with Crippen LogP contribution >= 0.6 is 12.2 Å². The van der Waals surface area contributed by atoms with Gasteiger partial charge in [0.1, 0.15) is 5.75 Å². The lowest BCUT2D eigenvalue weighted by Crippen LogP contribution is -2.05. The molecule has 1 aromatic heterocycles. The van der Waals surface area contributed by atoms with Crippen LogP contribution in [0.4, 0.5) is 0 Å². The van der Waals surface area contributed by atoms with Gasteiger partial charge in [0, 0.05) is 19.2 Å². The quantitative estimate of drug-likeness (QED) is 0.621. The number of hydrogen-bond acceptors (Lipinski definition) is 3. The van der Waals surface area contributed by atoms with Crippen LogP contribution in [0.2, 0.25) is 0 Å². The van der Waals surface area contributed by atoms with Crippen molar-refractivity contribution in [2.24, 2.45) is 0 Å². The number of nitrogens with zero attached hydrogens (tertiary/aromatic N) is 1. The van der Waals surface area contributed by atoms with Crippen molar-refractivity contribution in [3.05, 3.63) is 23.0 Å². The second-order valence-corrected chi connectivity index (χ2v) is 5.48. The minimum atomic E-state index is 0.303. The second-order valence-electron chi connectivity index (χ2n) is 5.09. The summed E-state index contributed by atoms with van der Waals surface area (Å²) >= 11 is 5.39. The fraction of sp³-hybridized carbons (Fsp3) is 0.533.